The van der Waals surface area contributed by atoms with Crippen molar-refractivity contribution in [3.63, 3.8) is 0 Å². The van der Waals surface area contributed by atoms with Crippen LogP contribution < -0.4 is 5.73 Å². The van der Waals surface area contributed by atoms with Crippen LogP contribution in [0.4, 0.5) is 9.39 Å². The van der Waals surface area contributed by atoms with E-state index in [0.29, 0.717) is 21.3 Å². The summed E-state index contributed by atoms with van der Waals surface area (Å²) in [6.07, 6.45) is 1.90. The number of rotatable bonds is 3. The first-order valence-corrected chi connectivity index (χ1v) is 6.51. The molecule has 90 valence electrons. The molecule has 0 atom stereocenters. The van der Waals surface area contributed by atoms with E-state index in [1.165, 1.54) is 23.5 Å². The van der Waals surface area contributed by atoms with Gasteiger partial charge in [-0.15, -0.1) is 11.3 Å². The van der Waals surface area contributed by atoms with Gasteiger partial charge < -0.3 is 5.73 Å². The number of thiazole rings is 1. The molecule has 0 spiro atoms. The van der Waals surface area contributed by atoms with Crippen LogP contribution in [0, 0.1) is 5.82 Å². The molecule has 0 aliphatic rings. The number of hydrogen-bond donors (Lipinski definition) is 1. The highest BCUT2D eigenvalue weighted by Crippen LogP contribution is 2.32. The molecule has 1 aromatic carbocycles. The van der Waals surface area contributed by atoms with E-state index in [4.69, 9.17) is 17.3 Å². The number of aromatic nitrogens is 1. The first-order valence-electron chi connectivity index (χ1n) is 5.31. The zero-order chi connectivity index (χ0) is 12.4. The second kappa shape index (κ2) is 5.02. The summed E-state index contributed by atoms with van der Waals surface area (Å²) in [4.78, 5) is 4.42. The van der Waals surface area contributed by atoms with Gasteiger partial charge in [0.2, 0.25) is 0 Å². The molecule has 0 saturated heterocycles. The van der Waals surface area contributed by atoms with Gasteiger partial charge in [0.15, 0.2) is 0 Å². The standard InChI is InChI=1S/C12H12ClFN2S/c1-2-3-10-16-11(12(15)17-10)7-4-8(13)6-9(14)5-7/h4-6H,2-3,15H2,1H3. The van der Waals surface area contributed by atoms with Crippen molar-refractivity contribution in [1.82, 2.24) is 4.98 Å². The van der Waals surface area contributed by atoms with Crippen LogP contribution in [0.15, 0.2) is 18.2 Å². The molecule has 0 amide bonds. The summed E-state index contributed by atoms with van der Waals surface area (Å²) in [6.45, 7) is 2.08. The summed E-state index contributed by atoms with van der Waals surface area (Å²) in [5.74, 6) is -0.378. The van der Waals surface area contributed by atoms with E-state index in [2.05, 4.69) is 11.9 Å². The van der Waals surface area contributed by atoms with Crippen molar-refractivity contribution >= 4 is 27.9 Å². The first-order chi connectivity index (χ1) is 8.10. The number of hydrogen-bond acceptors (Lipinski definition) is 3. The maximum absolute atomic E-state index is 13.3. The van der Waals surface area contributed by atoms with Crippen LogP contribution in [-0.2, 0) is 6.42 Å². The number of nitrogen functional groups attached to an aromatic ring is 1. The fraction of sp³-hybridized carbons (Fsp3) is 0.250. The molecule has 0 saturated carbocycles. The van der Waals surface area contributed by atoms with E-state index < -0.39 is 0 Å². The minimum atomic E-state index is -0.378. The van der Waals surface area contributed by atoms with E-state index >= 15 is 0 Å². The van der Waals surface area contributed by atoms with Crippen molar-refractivity contribution in [3.05, 3.63) is 34.0 Å². The third kappa shape index (κ3) is 2.76. The summed E-state index contributed by atoms with van der Waals surface area (Å²) in [6, 6.07) is 4.33. The lowest BCUT2D eigenvalue weighted by Crippen LogP contribution is -1.88. The minimum Gasteiger partial charge on any atom is -0.389 e. The predicted molar refractivity (Wildman–Crippen MR) is 70.9 cm³/mol. The molecule has 0 unspecified atom stereocenters. The normalized spacial score (nSPS) is 10.8. The zero-order valence-corrected chi connectivity index (χ0v) is 10.9. The monoisotopic (exact) mass is 270 g/mol. The SMILES string of the molecule is CCCc1nc(-c2cc(F)cc(Cl)c2)c(N)s1. The highest BCUT2D eigenvalue weighted by atomic mass is 35.5. The maximum atomic E-state index is 13.3. The van der Waals surface area contributed by atoms with E-state index in [-0.39, 0.29) is 5.82 Å². The van der Waals surface area contributed by atoms with E-state index in [1.807, 2.05) is 0 Å². The van der Waals surface area contributed by atoms with Gasteiger partial charge in [-0.25, -0.2) is 9.37 Å². The van der Waals surface area contributed by atoms with Gasteiger partial charge in [0.05, 0.1) is 5.01 Å². The van der Waals surface area contributed by atoms with Gasteiger partial charge >= 0.3 is 0 Å². The molecule has 2 N–H and O–H groups in total. The summed E-state index contributed by atoms with van der Waals surface area (Å²) < 4.78 is 13.3. The van der Waals surface area contributed by atoms with Crippen molar-refractivity contribution in [2.75, 3.05) is 5.73 Å². The van der Waals surface area contributed by atoms with Crippen LogP contribution in [0.5, 0.6) is 0 Å². The highest BCUT2D eigenvalue weighted by molar-refractivity contribution is 7.16. The Bertz CT molecular complexity index is 519. The van der Waals surface area contributed by atoms with Crippen molar-refractivity contribution < 1.29 is 4.39 Å². The summed E-state index contributed by atoms with van der Waals surface area (Å²) in [5.41, 5.74) is 7.15. The van der Waals surface area contributed by atoms with Gasteiger partial charge in [0.1, 0.15) is 16.5 Å². The van der Waals surface area contributed by atoms with Crippen molar-refractivity contribution in [1.29, 1.82) is 0 Å². The average molecular weight is 271 g/mol. The lowest BCUT2D eigenvalue weighted by Gasteiger charge is -2.00. The van der Waals surface area contributed by atoms with E-state index in [1.54, 1.807) is 6.07 Å². The van der Waals surface area contributed by atoms with Gasteiger partial charge in [0, 0.05) is 10.6 Å². The predicted octanol–water partition coefficient (Wildman–Crippen LogP) is 4.14. The number of nitrogens with zero attached hydrogens (tertiary/aromatic N) is 1. The Balaban J connectivity index is 2.44. The number of benzene rings is 1. The molecule has 5 heteroatoms. The Kier molecular flexibility index (Phi) is 3.64. The Morgan fingerprint density at radius 1 is 1.41 bits per heavy atom. The second-order valence-corrected chi connectivity index (χ2v) is 5.28. The fourth-order valence-corrected chi connectivity index (χ4v) is 2.77. The number of anilines is 1. The van der Waals surface area contributed by atoms with Gasteiger partial charge in [-0.3, -0.25) is 0 Å². The molecule has 0 bridgehead atoms. The molecule has 0 radical (unpaired) electrons. The lowest BCUT2D eigenvalue weighted by atomic mass is 10.1. The largest absolute Gasteiger partial charge is 0.389 e. The van der Waals surface area contributed by atoms with Gasteiger partial charge in [0.25, 0.3) is 0 Å². The van der Waals surface area contributed by atoms with Crippen LogP contribution >= 0.6 is 22.9 Å². The van der Waals surface area contributed by atoms with Crippen LogP contribution in [0.3, 0.4) is 0 Å². The minimum absolute atomic E-state index is 0.351. The van der Waals surface area contributed by atoms with Crippen LogP contribution in [0.2, 0.25) is 5.02 Å². The van der Waals surface area contributed by atoms with Crippen molar-refractivity contribution in [3.8, 4) is 11.3 Å². The number of aryl methyl sites for hydroxylation is 1. The number of halogens is 2. The van der Waals surface area contributed by atoms with E-state index in [9.17, 15) is 4.39 Å². The van der Waals surface area contributed by atoms with Gasteiger partial charge in [-0.2, -0.15) is 0 Å². The molecule has 0 aliphatic heterocycles. The highest BCUT2D eigenvalue weighted by Gasteiger charge is 2.11. The third-order valence-electron chi connectivity index (χ3n) is 2.30. The summed E-state index contributed by atoms with van der Waals surface area (Å²) in [7, 11) is 0. The van der Waals surface area contributed by atoms with Crippen molar-refractivity contribution in [2.24, 2.45) is 0 Å². The summed E-state index contributed by atoms with van der Waals surface area (Å²) >= 11 is 7.26. The average Bonchev–Trinajstić information content (AvgIpc) is 2.58. The van der Waals surface area contributed by atoms with Gasteiger partial charge in [-0.05, 0) is 31.0 Å². The molecular formula is C12H12ClFN2S. The Morgan fingerprint density at radius 3 is 2.82 bits per heavy atom. The molecule has 0 aliphatic carbocycles. The zero-order valence-electron chi connectivity index (χ0n) is 9.34. The fourth-order valence-electron chi connectivity index (χ4n) is 1.60. The Labute approximate surface area is 108 Å². The summed E-state index contributed by atoms with van der Waals surface area (Å²) in [5, 5.41) is 1.93. The quantitative estimate of drug-likeness (QED) is 0.910. The molecule has 2 aromatic rings. The molecule has 17 heavy (non-hydrogen) atoms. The van der Waals surface area contributed by atoms with E-state index in [0.717, 1.165) is 17.8 Å². The number of nitrogens with two attached hydrogens (primary N) is 1. The van der Waals surface area contributed by atoms with Gasteiger partial charge in [-0.1, -0.05) is 18.5 Å². The molecule has 2 rings (SSSR count). The van der Waals surface area contributed by atoms with Crippen LogP contribution in [0.1, 0.15) is 18.4 Å². The Hall–Kier alpha value is -1.13. The molecule has 2 nitrogen and oxygen atoms in total. The Morgan fingerprint density at radius 2 is 2.18 bits per heavy atom. The van der Waals surface area contributed by atoms with Crippen molar-refractivity contribution in [2.45, 2.75) is 19.8 Å². The second-order valence-electron chi connectivity index (χ2n) is 3.73. The smallest absolute Gasteiger partial charge is 0.125 e. The van der Waals surface area contributed by atoms with Crippen LogP contribution in [-0.4, -0.2) is 4.98 Å². The first kappa shape index (κ1) is 12.3. The lowest BCUT2D eigenvalue weighted by molar-refractivity contribution is 0.628. The molecule has 1 aromatic heterocycles. The maximum Gasteiger partial charge on any atom is 0.125 e. The topological polar surface area (TPSA) is 38.9 Å². The molecule has 0 fully saturated rings. The third-order valence-corrected chi connectivity index (χ3v) is 3.46. The van der Waals surface area contributed by atoms with Crippen LogP contribution in [0.25, 0.3) is 11.3 Å². The molecule has 1 heterocycles. The molecular weight excluding hydrogens is 259 g/mol.